The van der Waals surface area contributed by atoms with Gasteiger partial charge in [0.25, 0.3) is 6.43 Å². The van der Waals surface area contributed by atoms with Crippen LogP contribution in [0.15, 0.2) is 6.07 Å². The second kappa shape index (κ2) is 4.20. The Morgan fingerprint density at radius 2 is 1.88 bits per heavy atom. The SMILES string of the molecule is NCc1cc(C(F)(F)F)c(N)nc1C(F)F. The molecule has 0 aliphatic heterocycles. The van der Waals surface area contributed by atoms with Crippen molar-refractivity contribution >= 4 is 5.82 Å². The van der Waals surface area contributed by atoms with Gasteiger partial charge in [-0.3, -0.25) is 0 Å². The van der Waals surface area contributed by atoms with Crippen molar-refractivity contribution in [3.63, 3.8) is 0 Å². The molecule has 1 aromatic heterocycles. The molecule has 0 unspecified atom stereocenters. The Morgan fingerprint density at radius 1 is 1.31 bits per heavy atom. The summed E-state index contributed by atoms with van der Waals surface area (Å²) in [5, 5.41) is 0. The van der Waals surface area contributed by atoms with E-state index in [4.69, 9.17) is 11.5 Å². The summed E-state index contributed by atoms with van der Waals surface area (Å²) in [5.41, 5.74) is 7.60. The van der Waals surface area contributed by atoms with E-state index in [9.17, 15) is 22.0 Å². The first-order valence-electron chi connectivity index (χ1n) is 4.12. The average Bonchev–Trinajstić information content (AvgIpc) is 2.15. The molecule has 1 heterocycles. The zero-order valence-corrected chi connectivity index (χ0v) is 7.85. The van der Waals surface area contributed by atoms with Gasteiger partial charge in [0.15, 0.2) is 0 Å². The van der Waals surface area contributed by atoms with Crippen molar-refractivity contribution in [3.8, 4) is 0 Å². The Bertz CT molecular complexity index is 388. The summed E-state index contributed by atoms with van der Waals surface area (Å²) in [6.07, 6.45) is -7.75. The highest BCUT2D eigenvalue weighted by atomic mass is 19.4. The molecule has 1 rings (SSSR count). The molecule has 1 aromatic rings. The number of hydrogen-bond acceptors (Lipinski definition) is 3. The lowest BCUT2D eigenvalue weighted by Gasteiger charge is -2.13. The number of anilines is 1. The van der Waals surface area contributed by atoms with Crippen LogP contribution >= 0.6 is 0 Å². The molecular formula is C8H8F5N3. The number of hydrogen-bond donors (Lipinski definition) is 2. The molecular weight excluding hydrogens is 233 g/mol. The molecule has 0 fully saturated rings. The molecule has 16 heavy (non-hydrogen) atoms. The molecule has 3 nitrogen and oxygen atoms in total. The fourth-order valence-corrected chi connectivity index (χ4v) is 1.16. The molecule has 0 bridgehead atoms. The van der Waals surface area contributed by atoms with E-state index >= 15 is 0 Å². The topological polar surface area (TPSA) is 64.9 Å². The summed E-state index contributed by atoms with van der Waals surface area (Å²) in [4.78, 5) is 3.04. The summed E-state index contributed by atoms with van der Waals surface area (Å²) < 4.78 is 61.8. The minimum absolute atomic E-state index is 0.364. The van der Waals surface area contributed by atoms with Gasteiger partial charge in [-0.2, -0.15) is 13.2 Å². The van der Waals surface area contributed by atoms with Crippen molar-refractivity contribution in [3.05, 3.63) is 22.9 Å². The third kappa shape index (κ3) is 2.38. The minimum atomic E-state index is -4.73. The van der Waals surface area contributed by atoms with Gasteiger partial charge in [-0.05, 0) is 11.6 Å². The van der Waals surface area contributed by atoms with Gasteiger partial charge in [-0.1, -0.05) is 0 Å². The Morgan fingerprint density at radius 3 is 2.25 bits per heavy atom. The number of nitrogen functional groups attached to an aromatic ring is 1. The first kappa shape index (κ1) is 12.6. The molecule has 0 aromatic carbocycles. The number of pyridine rings is 1. The lowest BCUT2D eigenvalue weighted by atomic mass is 10.1. The van der Waals surface area contributed by atoms with E-state index in [-0.39, 0.29) is 5.56 Å². The molecule has 0 amide bonds. The van der Waals surface area contributed by atoms with E-state index in [1.165, 1.54) is 0 Å². The molecule has 0 saturated heterocycles. The maximum atomic E-state index is 12.4. The zero-order valence-electron chi connectivity index (χ0n) is 7.85. The molecule has 8 heteroatoms. The van der Waals surface area contributed by atoms with Crippen LogP contribution in [0.4, 0.5) is 27.8 Å². The quantitative estimate of drug-likeness (QED) is 0.779. The number of rotatable bonds is 2. The van der Waals surface area contributed by atoms with Crippen molar-refractivity contribution in [1.29, 1.82) is 0 Å². The summed E-state index contributed by atoms with van der Waals surface area (Å²) in [6.45, 7) is -0.462. The smallest absolute Gasteiger partial charge is 0.383 e. The van der Waals surface area contributed by atoms with Crippen molar-refractivity contribution in [2.24, 2.45) is 5.73 Å². The number of halogens is 5. The summed E-state index contributed by atoms with van der Waals surface area (Å²) in [7, 11) is 0. The minimum Gasteiger partial charge on any atom is -0.383 e. The van der Waals surface area contributed by atoms with Crippen molar-refractivity contribution in [2.75, 3.05) is 5.73 Å². The fourth-order valence-electron chi connectivity index (χ4n) is 1.16. The van der Waals surface area contributed by atoms with Crippen molar-refractivity contribution in [2.45, 2.75) is 19.1 Å². The van der Waals surface area contributed by atoms with E-state index in [0.717, 1.165) is 0 Å². The Kier molecular flexibility index (Phi) is 3.32. The molecule has 0 aliphatic carbocycles. The van der Waals surface area contributed by atoms with Crippen LogP contribution in [0.2, 0.25) is 0 Å². The predicted octanol–water partition coefficient (Wildman–Crippen LogP) is 2.08. The average molecular weight is 241 g/mol. The van der Waals surface area contributed by atoms with Gasteiger partial charge in [-0.25, -0.2) is 13.8 Å². The maximum Gasteiger partial charge on any atom is 0.419 e. The lowest BCUT2D eigenvalue weighted by molar-refractivity contribution is -0.137. The third-order valence-corrected chi connectivity index (χ3v) is 1.90. The van der Waals surface area contributed by atoms with Crippen LogP contribution in [-0.4, -0.2) is 4.98 Å². The summed E-state index contributed by atoms with van der Waals surface area (Å²) >= 11 is 0. The van der Waals surface area contributed by atoms with E-state index in [2.05, 4.69) is 4.98 Å². The highest BCUT2D eigenvalue weighted by Crippen LogP contribution is 2.35. The van der Waals surface area contributed by atoms with Crippen LogP contribution < -0.4 is 11.5 Å². The van der Waals surface area contributed by atoms with E-state index < -0.39 is 36.2 Å². The van der Waals surface area contributed by atoms with E-state index in [0.29, 0.717) is 6.07 Å². The number of alkyl halides is 5. The third-order valence-electron chi connectivity index (χ3n) is 1.90. The van der Waals surface area contributed by atoms with Crippen LogP contribution in [-0.2, 0) is 12.7 Å². The molecule has 0 aliphatic rings. The zero-order chi connectivity index (χ0) is 12.5. The van der Waals surface area contributed by atoms with Crippen molar-refractivity contribution < 1.29 is 22.0 Å². The van der Waals surface area contributed by atoms with Gasteiger partial charge >= 0.3 is 6.18 Å². The van der Waals surface area contributed by atoms with E-state index in [1.54, 1.807) is 0 Å². The van der Waals surface area contributed by atoms with Gasteiger partial charge in [-0.15, -0.1) is 0 Å². The van der Waals surface area contributed by atoms with Crippen LogP contribution in [0.3, 0.4) is 0 Å². The van der Waals surface area contributed by atoms with Crippen LogP contribution in [0.5, 0.6) is 0 Å². The first-order chi connectivity index (χ1) is 7.27. The summed E-state index contributed by atoms with van der Waals surface area (Å²) in [6, 6.07) is 0.504. The van der Waals surface area contributed by atoms with Gasteiger partial charge in [0.2, 0.25) is 0 Å². The largest absolute Gasteiger partial charge is 0.419 e. The first-order valence-corrected chi connectivity index (χ1v) is 4.12. The normalized spacial score (nSPS) is 12.2. The monoisotopic (exact) mass is 241 g/mol. The second-order valence-electron chi connectivity index (χ2n) is 2.97. The Balaban J connectivity index is 3.37. The fraction of sp³-hybridized carbons (Fsp3) is 0.375. The van der Waals surface area contributed by atoms with Gasteiger partial charge < -0.3 is 11.5 Å². The van der Waals surface area contributed by atoms with E-state index in [1.807, 2.05) is 0 Å². The van der Waals surface area contributed by atoms with Crippen molar-refractivity contribution in [1.82, 2.24) is 4.98 Å². The lowest BCUT2D eigenvalue weighted by Crippen LogP contribution is -2.15. The van der Waals surface area contributed by atoms with Crippen LogP contribution in [0.25, 0.3) is 0 Å². The number of nitrogens with two attached hydrogens (primary N) is 2. The second-order valence-corrected chi connectivity index (χ2v) is 2.97. The Labute approximate surface area is 87.3 Å². The maximum absolute atomic E-state index is 12.4. The van der Waals surface area contributed by atoms with Crippen LogP contribution in [0.1, 0.15) is 23.2 Å². The molecule has 90 valence electrons. The summed E-state index contributed by atoms with van der Waals surface area (Å²) in [5.74, 6) is -0.972. The highest BCUT2D eigenvalue weighted by Gasteiger charge is 2.35. The molecule has 4 N–H and O–H groups in total. The van der Waals surface area contributed by atoms with Gasteiger partial charge in [0.1, 0.15) is 11.5 Å². The standard InChI is InChI=1S/C8H8F5N3/c9-6(10)5-3(2-14)1-4(7(15)16-5)8(11,12)13/h1,6H,2,14H2,(H2,15,16). The van der Waals surface area contributed by atoms with Gasteiger partial charge in [0, 0.05) is 6.54 Å². The number of aromatic nitrogens is 1. The molecule has 0 radical (unpaired) electrons. The van der Waals surface area contributed by atoms with Crippen LogP contribution in [0, 0.1) is 0 Å². The number of nitrogens with zero attached hydrogens (tertiary/aromatic N) is 1. The molecule has 0 atom stereocenters. The molecule has 0 saturated carbocycles. The van der Waals surface area contributed by atoms with Gasteiger partial charge in [0.05, 0.1) is 5.56 Å². The molecule has 0 spiro atoms. The highest BCUT2D eigenvalue weighted by molar-refractivity contribution is 5.45. The predicted molar refractivity (Wildman–Crippen MR) is 46.5 cm³/mol. The Hall–Kier alpha value is -1.44.